The highest BCUT2D eigenvalue weighted by molar-refractivity contribution is 5.62. The molecule has 1 saturated heterocycles. The Hall–Kier alpha value is -1.52. The number of ether oxygens (including phenoxy) is 1. The molecule has 26 heavy (non-hydrogen) atoms. The van der Waals surface area contributed by atoms with Gasteiger partial charge in [-0.2, -0.15) is 0 Å². The van der Waals surface area contributed by atoms with Crippen LogP contribution < -0.4 is 4.74 Å². The lowest BCUT2D eigenvalue weighted by Crippen LogP contribution is -2.80. The topological polar surface area (TPSA) is 49.7 Å². The number of likely N-dealkylation sites (N-methyl/N-ethyl adjacent to an activating group) is 1. The summed E-state index contributed by atoms with van der Waals surface area (Å²) >= 11 is 0. The van der Waals surface area contributed by atoms with Gasteiger partial charge >= 0.3 is 0 Å². The summed E-state index contributed by atoms with van der Waals surface area (Å²) in [7, 11) is 2.34. The smallest absolute Gasteiger partial charge is 0.133 e. The first-order valence-corrected chi connectivity index (χ1v) is 10.2. The molecular weight excluding hydrogens is 326 g/mol. The second kappa shape index (κ2) is 4.48. The Morgan fingerprint density at radius 1 is 1.31 bits per heavy atom. The monoisotopic (exact) mass is 354 g/mol. The Balaban J connectivity index is 1.61. The van der Waals surface area contributed by atoms with Gasteiger partial charge in [-0.1, -0.05) is 6.58 Å². The number of rotatable bonds is 2. The van der Waals surface area contributed by atoms with E-state index in [9.17, 15) is 10.2 Å². The van der Waals surface area contributed by atoms with Crippen LogP contribution in [-0.4, -0.2) is 52.6 Å². The second-order valence-electron chi connectivity index (χ2n) is 9.79. The number of piperidine rings is 1. The van der Waals surface area contributed by atoms with Gasteiger partial charge in [-0.25, -0.2) is 0 Å². The third-order valence-corrected chi connectivity index (χ3v) is 8.45. The van der Waals surface area contributed by atoms with Crippen molar-refractivity contribution in [2.45, 2.75) is 61.7 Å². The summed E-state index contributed by atoms with van der Waals surface area (Å²) in [5.74, 6) is 2.05. The van der Waals surface area contributed by atoms with Crippen molar-refractivity contribution in [2.24, 2.45) is 5.92 Å². The van der Waals surface area contributed by atoms with E-state index in [2.05, 4.69) is 13.6 Å². The molecule has 3 fully saturated rings. The Bertz CT molecular complexity index is 846. The molecule has 3 aliphatic carbocycles. The minimum absolute atomic E-state index is 0.128. The molecule has 0 radical (unpaired) electrons. The van der Waals surface area contributed by atoms with Crippen LogP contribution in [0.1, 0.15) is 43.2 Å². The van der Waals surface area contributed by atoms with Crippen molar-refractivity contribution in [3.63, 3.8) is 0 Å². The van der Waals surface area contributed by atoms with E-state index in [4.69, 9.17) is 4.74 Å². The van der Waals surface area contributed by atoms with E-state index in [1.165, 1.54) is 12.8 Å². The van der Waals surface area contributed by atoms with E-state index in [1.54, 1.807) is 6.07 Å². The standard InChI is InChI=1S/C22H27NO3/c1-13-7-8-22(25)18-11-15-16(24)5-6-17-19(15)21(22,20(13)26-17)9-10-23(18,2)12-14-3-4-14/h5-6,14,18,20,25H,1,3-4,7-12H2,2H3/p+1/t18-,20?,21+,22+,23-/m0/s1. The van der Waals surface area contributed by atoms with Gasteiger partial charge in [0.25, 0.3) is 0 Å². The quantitative estimate of drug-likeness (QED) is 0.634. The number of aromatic hydroxyl groups is 1. The summed E-state index contributed by atoms with van der Waals surface area (Å²) in [6.45, 7) is 6.55. The summed E-state index contributed by atoms with van der Waals surface area (Å²) in [6.07, 6.45) is 5.78. The van der Waals surface area contributed by atoms with Crippen LogP contribution in [0.15, 0.2) is 24.3 Å². The fraction of sp³-hybridized carbons (Fsp3) is 0.636. The van der Waals surface area contributed by atoms with Crippen LogP contribution in [-0.2, 0) is 11.8 Å². The number of aliphatic hydroxyl groups is 1. The summed E-state index contributed by atoms with van der Waals surface area (Å²) in [5.41, 5.74) is 2.03. The van der Waals surface area contributed by atoms with Crippen LogP contribution in [0.4, 0.5) is 0 Å². The van der Waals surface area contributed by atoms with Gasteiger partial charge in [0.1, 0.15) is 29.2 Å². The fourth-order valence-corrected chi connectivity index (χ4v) is 7.08. The van der Waals surface area contributed by atoms with Gasteiger partial charge in [0.05, 0.1) is 25.6 Å². The molecule has 1 aromatic rings. The minimum atomic E-state index is -0.771. The lowest BCUT2D eigenvalue weighted by atomic mass is 9.48. The lowest BCUT2D eigenvalue weighted by Gasteiger charge is -2.65. The molecule has 138 valence electrons. The van der Waals surface area contributed by atoms with Crippen LogP contribution in [0.3, 0.4) is 0 Å². The first-order chi connectivity index (χ1) is 12.4. The van der Waals surface area contributed by atoms with Gasteiger partial charge in [-0.15, -0.1) is 0 Å². The molecule has 2 bridgehead atoms. The zero-order valence-electron chi connectivity index (χ0n) is 15.5. The summed E-state index contributed by atoms with van der Waals surface area (Å²) in [6, 6.07) is 3.79. The Morgan fingerprint density at radius 2 is 2.12 bits per heavy atom. The van der Waals surface area contributed by atoms with E-state index in [-0.39, 0.29) is 12.1 Å². The summed E-state index contributed by atoms with van der Waals surface area (Å²) in [5, 5.41) is 23.0. The third-order valence-electron chi connectivity index (χ3n) is 8.45. The van der Waals surface area contributed by atoms with Crippen molar-refractivity contribution < 1.29 is 19.4 Å². The van der Waals surface area contributed by atoms with E-state index >= 15 is 0 Å². The molecule has 5 atom stereocenters. The van der Waals surface area contributed by atoms with E-state index in [0.717, 1.165) is 71.6 Å². The van der Waals surface area contributed by atoms with Crippen molar-refractivity contribution in [1.82, 2.24) is 0 Å². The molecule has 2 N–H and O–H groups in total. The molecule has 5 aliphatic rings. The Kier molecular flexibility index (Phi) is 2.67. The Morgan fingerprint density at radius 3 is 2.88 bits per heavy atom. The van der Waals surface area contributed by atoms with Gasteiger partial charge in [0.15, 0.2) is 0 Å². The van der Waals surface area contributed by atoms with Crippen LogP contribution in [0.25, 0.3) is 0 Å². The maximum absolute atomic E-state index is 12.3. The maximum Gasteiger partial charge on any atom is 0.133 e. The maximum atomic E-state index is 12.3. The highest BCUT2D eigenvalue weighted by atomic mass is 16.5. The number of phenolic OH excluding ortho intramolecular Hbond substituents is 1. The molecule has 2 saturated carbocycles. The van der Waals surface area contributed by atoms with Crippen molar-refractivity contribution in [1.29, 1.82) is 0 Å². The highest BCUT2D eigenvalue weighted by Crippen LogP contribution is 2.66. The zero-order valence-corrected chi connectivity index (χ0v) is 15.5. The van der Waals surface area contributed by atoms with E-state index < -0.39 is 11.0 Å². The molecule has 4 heteroatoms. The number of quaternary nitrogens is 1. The predicted molar refractivity (Wildman–Crippen MR) is 98.3 cm³/mol. The van der Waals surface area contributed by atoms with Gasteiger partial charge in [0, 0.05) is 29.9 Å². The molecule has 1 unspecified atom stereocenters. The first-order valence-electron chi connectivity index (χ1n) is 10.2. The predicted octanol–water partition coefficient (Wildman–Crippen LogP) is 2.66. The number of hydrogen-bond acceptors (Lipinski definition) is 3. The second-order valence-corrected chi connectivity index (χ2v) is 9.79. The van der Waals surface area contributed by atoms with Gasteiger partial charge in [0.2, 0.25) is 0 Å². The molecule has 2 aliphatic heterocycles. The number of hydrogen-bond donors (Lipinski definition) is 2. The van der Waals surface area contributed by atoms with Crippen LogP contribution in [0.5, 0.6) is 11.5 Å². The molecule has 6 rings (SSSR count). The minimum Gasteiger partial charge on any atom is -0.508 e. The van der Waals surface area contributed by atoms with Crippen molar-refractivity contribution in [2.75, 3.05) is 20.1 Å². The van der Waals surface area contributed by atoms with Crippen LogP contribution >= 0.6 is 0 Å². The van der Waals surface area contributed by atoms with Gasteiger partial charge in [-0.3, -0.25) is 0 Å². The summed E-state index contributed by atoms with van der Waals surface area (Å²) in [4.78, 5) is 0. The molecule has 4 nitrogen and oxygen atoms in total. The largest absolute Gasteiger partial charge is 0.508 e. The third kappa shape index (κ3) is 1.56. The molecule has 2 heterocycles. The van der Waals surface area contributed by atoms with Crippen molar-refractivity contribution >= 4 is 0 Å². The molecule has 1 spiro atoms. The number of phenols is 1. The van der Waals surface area contributed by atoms with Gasteiger partial charge in [-0.05, 0) is 43.4 Å². The first kappa shape index (κ1) is 15.5. The van der Waals surface area contributed by atoms with E-state index in [1.807, 2.05) is 6.07 Å². The average molecular weight is 354 g/mol. The number of nitrogens with zero attached hydrogens (tertiary/aromatic N) is 1. The molecule has 0 amide bonds. The average Bonchev–Trinajstić information content (AvgIpc) is 3.33. The molecular formula is C22H28NO3+. The Labute approximate surface area is 154 Å². The normalized spacial score (nSPS) is 45.2. The highest BCUT2D eigenvalue weighted by Gasteiger charge is 2.75. The lowest BCUT2D eigenvalue weighted by molar-refractivity contribution is -0.950. The van der Waals surface area contributed by atoms with Crippen molar-refractivity contribution in [3.05, 3.63) is 35.4 Å². The number of likely N-dealkylation sites (tertiary alicyclic amines) is 1. The zero-order chi connectivity index (χ0) is 17.9. The molecule has 1 aromatic carbocycles. The van der Waals surface area contributed by atoms with Crippen LogP contribution in [0, 0.1) is 5.92 Å². The van der Waals surface area contributed by atoms with Crippen LogP contribution in [0.2, 0.25) is 0 Å². The molecule has 0 aromatic heterocycles. The van der Waals surface area contributed by atoms with Gasteiger partial charge < -0.3 is 19.4 Å². The summed E-state index contributed by atoms with van der Waals surface area (Å²) < 4.78 is 7.33. The SMILES string of the molecule is C=C1CC[C@@]2(O)[C@@H]3Cc4c(O)ccc5c4[C@]2(CC[N@@+]3(C)CC2CC2)C1O5. The number of benzene rings is 1. The fourth-order valence-electron chi connectivity index (χ4n) is 7.08. The van der Waals surface area contributed by atoms with E-state index in [0.29, 0.717) is 5.75 Å². The van der Waals surface area contributed by atoms with Crippen molar-refractivity contribution in [3.8, 4) is 11.5 Å².